The molecule has 2 fully saturated rings. The number of thioether (sulfide) groups is 1. The van der Waals surface area contributed by atoms with Crippen LogP contribution in [-0.2, 0) is 20.8 Å². The maximum atomic E-state index is 12.9. The van der Waals surface area contributed by atoms with Crippen LogP contribution in [0.15, 0.2) is 0 Å². The monoisotopic (exact) mass is 396 g/mol. The van der Waals surface area contributed by atoms with Crippen LogP contribution >= 0.6 is 23.1 Å². The van der Waals surface area contributed by atoms with Gasteiger partial charge < -0.3 is 0 Å². The van der Waals surface area contributed by atoms with Gasteiger partial charge in [-0.25, -0.2) is 0 Å². The number of carbonyl (C=O) groups excluding carboxylic acids is 3. The number of imide groups is 1. The van der Waals surface area contributed by atoms with Crippen molar-refractivity contribution >= 4 is 46.0 Å². The SMILES string of the molecule is CCc1nnc(NC(=O)[C@H](CCSC)N2C(=O)[C@@H]3CCCC[C@H]3C2=O)s1. The molecule has 2 aliphatic rings. The summed E-state index contributed by atoms with van der Waals surface area (Å²) in [6.07, 6.45) is 6.58. The summed E-state index contributed by atoms with van der Waals surface area (Å²) in [5.74, 6) is -0.484. The van der Waals surface area contributed by atoms with E-state index < -0.39 is 6.04 Å². The second-order valence-electron chi connectivity index (χ2n) is 6.68. The summed E-state index contributed by atoms with van der Waals surface area (Å²) in [6.45, 7) is 1.97. The van der Waals surface area contributed by atoms with E-state index in [0.717, 1.165) is 37.1 Å². The van der Waals surface area contributed by atoms with E-state index in [1.807, 2.05) is 13.2 Å². The molecule has 142 valence electrons. The molecule has 3 amide bonds. The summed E-state index contributed by atoms with van der Waals surface area (Å²) in [7, 11) is 0. The first-order valence-corrected chi connectivity index (χ1v) is 11.3. The fourth-order valence-electron chi connectivity index (χ4n) is 3.74. The third kappa shape index (κ3) is 3.78. The van der Waals surface area contributed by atoms with Crippen LogP contribution in [0.5, 0.6) is 0 Å². The van der Waals surface area contributed by atoms with Crippen molar-refractivity contribution in [2.45, 2.75) is 51.5 Å². The highest BCUT2D eigenvalue weighted by atomic mass is 32.2. The third-order valence-corrected chi connectivity index (χ3v) is 6.71. The van der Waals surface area contributed by atoms with Crippen molar-refractivity contribution in [3.63, 3.8) is 0 Å². The number of hydrogen-bond donors (Lipinski definition) is 1. The van der Waals surface area contributed by atoms with Gasteiger partial charge in [0.25, 0.3) is 0 Å². The first-order chi connectivity index (χ1) is 12.6. The zero-order valence-electron chi connectivity index (χ0n) is 15.1. The zero-order chi connectivity index (χ0) is 18.7. The number of carbonyl (C=O) groups is 3. The molecule has 1 aliphatic carbocycles. The predicted molar refractivity (Wildman–Crippen MR) is 102 cm³/mol. The van der Waals surface area contributed by atoms with Crippen LogP contribution in [0.2, 0.25) is 0 Å². The number of nitrogens with zero attached hydrogens (tertiary/aromatic N) is 3. The molecule has 0 spiro atoms. The summed E-state index contributed by atoms with van der Waals surface area (Å²) >= 11 is 2.91. The fraction of sp³-hybridized carbons (Fsp3) is 0.706. The van der Waals surface area contributed by atoms with Crippen molar-refractivity contribution in [2.24, 2.45) is 11.8 Å². The Morgan fingerprint density at radius 3 is 2.46 bits per heavy atom. The Morgan fingerprint density at radius 1 is 1.27 bits per heavy atom. The van der Waals surface area contributed by atoms with Crippen molar-refractivity contribution in [3.05, 3.63) is 5.01 Å². The molecule has 1 aromatic rings. The van der Waals surface area contributed by atoms with E-state index in [-0.39, 0.29) is 29.6 Å². The maximum absolute atomic E-state index is 12.9. The van der Waals surface area contributed by atoms with Gasteiger partial charge in [-0.1, -0.05) is 31.1 Å². The summed E-state index contributed by atoms with van der Waals surface area (Å²) in [4.78, 5) is 39.8. The van der Waals surface area contributed by atoms with E-state index in [4.69, 9.17) is 0 Å². The van der Waals surface area contributed by atoms with Gasteiger partial charge >= 0.3 is 0 Å². The Balaban J connectivity index is 1.79. The van der Waals surface area contributed by atoms with Gasteiger partial charge in [0.2, 0.25) is 22.9 Å². The number of nitrogens with one attached hydrogen (secondary N) is 1. The van der Waals surface area contributed by atoms with E-state index >= 15 is 0 Å². The highest BCUT2D eigenvalue weighted by Crippen LogP contribution is 2.39. The lowest BCUT2D eigenvalue weighted by atomic mass is 9.81. The normalized spacial score (nSPS) is 23.8. The first kappa shape index (κ1) is 19.3. The van der Waals surface area contributed by atoms with E-state index in [1.54, 1.807) is 11.8 Å². The van der Waals surface area contributed by atoms with Gasteiger partial charge in [0.15, 0.2) is 0 Å². The molecule has 1 saturated carbocycles. The maximum Gasteiger partial charge on any atom is 0.249 e. The van der Waals surface area contributed by atoms with Crippen molar-refractivity contribution in [3.8, 4) is 0 Å². The molecular weight excluding hydrogens is 372 g/mol. The van der Waals surface area contributed by atoms with Gasteiger partial charge in [-0.05, 0) is 37.7 Å². The van der Waals surface area contributed by atoms with E-state index in [2.05, 4.69) is 15.5 Å². The molecular formula is C17H24N4O3S2. The average molecular weight is 397 g/mol. The standard InChI is InChI=1S/C17H24N4O3S2/c1-3-13-19-20-17(26-13)18-14(22)12(8-9-25-2)21-15(23)10-6-4-5-7-11(10)16(21)24/h10-12H,3-9H2,1-2H3,(H,18,20,22)/t10-,11-,12+/m1/s1. The van der Waals surface area contributed by atoms with Crippen molar-refractivity contribution in [1.29, 1.82) is 0 Å². The lowest BCUT2D eigenvalue weighted by Gasteiger charge is -2.25. The van der Waals surface area contributed by atoms with E-state index in [9.17, 15) is 14.4 Å². The molecule has 1 aliphatic heterocycles. The van der Waals surface area contributed by atoms with Crippen LogP contribution in [-0.4, -0.2) is 50.9 Å². The Morgan fingerprint density at radius 2 is 1.92 bits per heavy atom. The van der Waals surface area contributed by atoms with Gasteiger partial charge in [-0.2, -0.15) is 11.8 Å². The highest BCUT2D eigenvalue weighted by molar-refractivity contribution is 7.98. The fourth-order valence-corrected chi connectivity index (χ4v) is 4.88. The lowest BCUT2D eigenvalue weighted by molar-refractivity contribution is -0.146. The van der Waals surface area contributed by atoms with Crippen molar-refractivity contribution < 1.29 is 14.4 Å². The molecule has 1 saturated heterocycles. The van der Waals surface area contributed by atoms with Crippen LogP contribution in [0.25, 0.3) is 0 Å². The summed E-state index contributed by atoms with van der Waals surface area (Å²) in [6, 6.07) is -0.776. The molecule has 26 heavy (non-hydrogen) atoms. The third-order valence-electron chi connectivity index (χ3n) is 5.08. The van der Waals surface area contributed by atoms with Crippen LogP contribution in [0, 0.1) is 11.8 Å². The number of rotatable bonds is 7. The van der Waals surface area contributed by atoms with Crippen LogP contribution in [0.3, 0.4) is 0 Å². The van der Waals surface area contributed by atoms with Crippen LogP contribution < -0.4 is 5.32 Å². The minimum atomic E-state index is -0.776. The number of aromatic nitrogens is 2. The lowest BCUT2D eigenvalue weighted by Crippen LogP contribution is -2.48. The molecule has 3 atom stereocenters. The quantitative estimate of drug-likeness (QED) is 0.711. The van der Waals surface area contributed by atoms with Gasteiger partial charge in [0.05, 0.1) is 11.8 Å². The van der Waals surface area contributed by atoms with Crippen molar-refractivity contribution in [1.82, 2.24) is 15.1 Å². The van der Waals surface area contributed by atoms with E-state index in [0.29, 0.717) is 17.3 Å². The molecule has 3 rings (SSSR count). The van der Waals surface area contributed by atoms with Gasteiger partial charge in [-0.3, -0.25) is 24.6 Å². The number of hydrogen-bond acceptors (Lipinski definition) is 7. The number of likely N-dealkylation sites (tertiary alicyclic amines) is 1. The topological polar surface area (TPSA) is 92.3 Å². The second-order valence-corrected chi connectivity index (χ2v) is 8.73. The van der Waals surface area contributed by atoms with Gasteiger partial charge in [0, 0.05) is 0 Å². The smallest absolute Gasteiger partial charge is 0.249 e. The average Bonchev–Trinajstić information content (AvgIpc) is 3.20. The Hall–Kier alpha value is -1.48. The zero-order valence-corrected chi connectivity index (χ0v) is 16.7. The minimum absolute atomic E-state index is 0.174. The molecule has 9 heteroatoms. The molecule has 0 bridgehead atoms. The molecule has 0 radical (unpaired) electrons. The molecule has 1 aromatic heterocycles. The van der Waals surface area contributed by atoms with Crippen molar-refractivity contribution in [2.75, 3.05) is 17.3 Å². The molecule has 2 heterocycles. The van der Waals surface area contributed by atoms with Gasteiger partial charge in [-0.15, -0.1) is 10.2 Å². The molecule has 0 aromatic carbocycles. The number of fused-ring (bicyclic) bond motifs is 1. The molecule has 1 N–H and O–H groups in total. The Labute approximate surface area is 161 Å². The van der Waals surface area contributed by atoms with Crippen LogP contribution in [0.1, 0.15) is 44.0 Å². The second kappa shape index (κ2) is 8.47. The molecule has 0 unspecified atom stereocenters. The number of aryl methyl sites for hydroxylation is 1. The highest BCUT2D eigenvalue weighted by Gasteiger charge is 2.51. The summed E-state index contributed by atoms with van der Waals surface area (Å²) in [5, 5.41) is 12.0. The summed E-state index contributed by atoms with van der Waals surface area (Å²) in [5.41, 5.74) is 0. The largest absolute Gasteiger partial charge is 0.299 e. The van der Waals surface area contributed by atoms with E-state index in [1.165, 1.54) is 16.2 Å². The Bertz CT molecular complexity index is 669. The number of anilines is 1. The predicted octanol–water partition coefficient (Wildman–Crippen LogP) is 2.34. The summed E-state index contributed by atoms with van der Waals surface area (Å²) < 4.78 is 0. The minimum Gasteiger partial charge on any atom is -0.299 e. The first-order valence-electron chi connectivity index (χ1n) is 9.05. The van der Waals surface area contributed by atoms with Crippen LogP contribution in [0.4, 0.5) is 5.13 Å². The number of amides is 3. The van der Waals surface area contributed by atoms with Gasteiger partial charge in [0.1, 0.15) is 11.0 Å². The Kier molecular flexibility index (Phi) is 6.29. The molecule has 7 nitrogen and oxygen atoms in total.